The Kier molecular flexibility index (Phi) is 2.95. The molecule has 0 radical (unpaired) electrons. The topological polar surface area (TPSA) is 52.3 Å². The molecule has 0 atom stereocenters. The zero-order valence-electron chi connectivity index (χ0n) is 6.84. The van der Waals surface area contributed by atoms with Crippen LogP contribution in [0.15, 0.2) is 18.2 Å². The van der Waals surface area contributed by atoms with E-state index >= 15 is 0 Å². The predicted molar refractivity (Wildman–Crippen MR) is 42.2 cm³/mol. The summed E-state index contributed by atoms with van der Waals surface area (Å²) >= 11 is 0. The molecule has 1 rings (SSSR count). The lowest BCUT2D eigenvalue weighted by atomic mass is 10.2. The Balaban J connectivity index is 2.90. The fourth-order valence-electron chi connectivity index (χ4n) is 0.864. The van der Waals surface area contributed by atoms with Crippen molar-refractivity contribution in [2.24, 2.45) is 0 Å². The van der Waals surface area contributed by atoms with Crippen molar-refractivity contribution in [2.75, 3.05) is 5.73 Å². The van der Waals surface area contributed by atoms with Crippen LogP contribution in [0.1, 0.15) is 10.4 Å². The predicted octanol–water partition coefficient (Wildman–Crippen LogP) is 1.79. The number of hydrogen-bond donors (Lipinski definition) is 1. The first-order valence-electron chi connectivity index (χ1n) is 3.55. The maximum Gasteiger partial charge on any atom is 0.389 e. The minimum atomic E-state index is -3.22. The summed E-state index contributed by atoms with van der Waals surface area (Å²) in [5.74, 6) is -1.94. The second kappa shape index (κ2) is 3.99. The van der Waals surface area contributed by atoms with Crippen LogP contribution in [-0.4, -0.2) is 12.6 Å². The van der Waals surface area contributed by atoms with E-state index in [1.807, 2.05) is 0 Å². The normalized spacial score (nSPS) is 10.3. The van der Waals surface area contributed by atoms with Crippen LogP contribution in [0, 0.1) is 5.82 Å². The molecule has 0 unspecified atom stereocenters. The van der Waals surface area contributed by atoms with Crippen LogP contribution in [0.25, 0.3) is 0 Å². The number of benzene rings is 1. The summed E-state index contributed by atoms with van der Waals surface area (Å²) in [4.78, 5) is 10.9. The van der Waals surface area contributed by atoms with Crippen molar-refractivity contribution in [3.8, 4) is 0 Å². The maximum absolute atomic E-state index is 12.5. The van der Waals surface area contributed by atoms with E-state index in [0.29, 0.717) is 0 Å². The van der Waals surface area contributed by atoms with Crippen molar-refractivity contribution in [3.63, 3.8) is 0 Å². The summed E-state index contributed by atoms with van der Waals surface area (Å²) in [6, 6.07) is 2.76. The first-order chi connectivity index (χ1) is 6.50. The Morgan fingerprint density at radius 1 is 1.43 bits per heavy atom. The van der Waals surface area contributed by atoms with Crippen molar-refractivity contribution in [1.29, 1.82) is 0 Å². The van der Waals surface area contributed by atoms with Crippen molar-refractivity contribution in [1.82, 2.24) is 0 Å². The summed E-state index contributed by atoms with van der Waals surface area (Å²) in [6.45, 7) is -3.22. The second-order valence-electron chi connectivity index (χ2n) is 2.40. The molecule has 14 heavy (non-hydrogen) atoms. The van der Waals surface area contributed by atoms with E-state index in [1.54, 1.807) is 0 Å². The number of esters is 1. The molecule has 0 aliphatic heterocycles. The van der Waals surface area contributed by atoms with Crippen LogP contribution < -0.4 is 5.73 Å². The van der Waals surface area contributed by atoms with E-state index in [4.69, 9.17) is 5.73 Å². The monoisotopic (exact) mass is 205 g/mol. The molecule has 0 bridgehead atoms. The van der Waals surface area contributed by atoms with Gasteiger partial charge in [-0.3, -0.25) is 0 Å². The van der Waals surface area contributed by atoms with E-state index in [9.17, 15) is 18.0 Å². The maximum atomic E-state index is 12.5. The molecule has 0 aliphatic carbocycles. The number of nitrogen functional groups attached to an aromatic ring is 1. The fourth-order valence-corrected chi connectivity index (χ4v) is 0.864. The van der Waals surface area contributed by atoms with Gasteiger partial charge in [0.1, 0.15) is 5.82 Å². The van der Waals surface area contributed by atoms with Gasteiger partial charge in [-0.25, -0.2) is 9.18 Å². The second-order valence-corrected chi connectivity index (χ2v) is 2.40. The van der Waals surface area contributed by atoms with E-state index in [0.717, 1.165) is 18.2 Å². The number of alkyl halides is 2. The molecule has 76 valence electrons. The Morgan fingerprint density at radius 3 is 2.57 bits per heavy atom. The number of ether oxygens (including phenoxy) is 1. The summed E-state index contributed by atoms with van der Waals surface area (Å²) < 4.78 is 39.3. The van der Waals surface area contributed by atoms with Crippen LogP contribution in [0.5, 0.6) is 0 Å². The summed E-state index contributed by atoms with van der Waals surface area (Å²) in [5, 5.41) is 0. The number of carbonyl (C=O) groups excluding carboxylic acids is 1. The molecule has 2 N–H and O–H groups in total. The SMILES string of the molecule is Nc1cc(F)ccc1C(=O)OC(F)F. The van der Waals surface area contributed by atoms with Gasteiger partial charge in [0.25, 0.3) is 0 Å². The number of anilines is 1. The molecule has 6 heteroatoms. The highest BCUT2D eigenvalue weighted by atomic mass is 19.3. The summed E-state index contributed by atoms with van der Waals surface area (Å²) in [6.07, 6.45) is 0. The number of nitrogens with two attached hydrogens (primary N) is 1. The molecule has 0 saturated carbocycles. The molecule has 0 fully saturated rings. The largest absolute Gasteiger partial charge is 0.399 e. The molecule has 0 heterocycles. The van der Waals surface area contributed by atoms with Gasteiger partial charge in [-0.05, 0) is 18.2 Å². The lowest BCUT2D eigenvalue weighted by Gasteiger charge is -2.05. The van der Waals surface area contributed by atoms with E-state index in [-0.39, 0.29) is 11.3 Å². The van der Waals surface area contributed by atoms with Crippen LogP contribution in [0.3, 0.4) is 0 Å². The quantitative estimate of drug-likeness (QED) is 0.591. The molecule has 0 saturated heterocycles. The number of carbonyl (C=O) groups is 1. The van der Waals surface area contributed by atoms with Crippen LogP contribution in [0.2, 0.25) is 0 Å². The lowest BCUT2D eigenvalue weighted by Crippen LogP contribution is -2.11. The van der Waals surface area contributed by atoms with E-state index in [1.165, 1.54) is 0 Å². The third-order valence-corrected chi connectivity index (χ3v) is 1.43. The zero-order valence-corrected chi connectivity index (χ0v) is 6.84. The van der Waals surface area contributed by atoms with Gasteiger partial charge >= 0.3 is 12.6 Å². The van der Waals surface area contributed by atoms with Crippen LogP contribution >= 0.6 is 0 Å². The Hall–Kier alpha value is -1.72. The molecule has 1 aromatic carbocycles. The summed E-state index contributed by atoms with van der Waals surface area (Å²) in [7, 11) is 0. The van der Waals surface area contributed by atoms with Gasteiger partial charge in [-0.15, -0.1) is 0 Å². The lowest BCUT2D eigenvalue weighted by molar-refractivity contribution is -0.0905. The van der Waals surface area contributed by atoms with E-state index < -0.39 is 18.4 Å². The third kappa shape index (κ3) is 2.38. The average Bonchev–Trinajstić information content (AvgIpc) is 2.01. The molecular weight excluding hydrogens is 199 g/mol. The molecule has 0 amide bonds. The molecule has 3 nitrogen and oxygen atoms in total. The molecule has 0 aromatic heterocycles. The molecule has 1 aromatic rings. The number of halogens is 3. The first kappa shape index (κ1) is 10.4. The highest BCUT2D eigenvalue weighted by molar-refractivity contribution is 5.95. The molecule has 0 spiro atoms. The van der Waals surface area contributed by atoms with Crippen LogP contribution in [0.4, 0.5) is 18.9 Å². The third-order valence-electron chi connectivity index (χ3n) is 1.43. The Labute approximate surface area is 77.3 Å². The number of rotatable bonds is 2. The van der Waals surface area contributed by atoms with Gasteiger partial charge in [-0.2, -0.15) is 8.78 Å². The van der Waals surface area contributed by atoms with Gasteiger partial charge in [0, 0.05) is 5.69 Å². The van der Waals surface area contributed by atoms with Gasteiger partial charge < -0.3 is 10.5 Å². The Morgan fingerprint density at radius 2 is 2.07 bits per heavy atom. The van der Waals surface area contributed by atoms with Crippen molar-refractivity contribution >= 4 is 11.7 Å². The molecule has 0 aliphatic rings. The van der Waals surface area contributed by atoms with Gasteiger partial charge in [0.05, 0.1) is 5.56 Å². The fraction of sp³-hybridized carbons (Fsp3) is 0.125. The standard InChI is InChI=1S/C8H6F3NO2/c9-4-1-2-5(6(12)3-4)7(13)14-8(10)11/h1-3,8H,12H2. The molecular formula is C8H6F3NO2. The van der Waals surface area contributed by atoms with Crippen molar-refractivity contribution < 1.29 is 22.7 Å². The first-order valence-corrected chi connectivity index (χ1v) is 3.55. The minimum Gasteiger partial charge on any atom is -0.399 e. The average molecular weight is 205 g/mol. The summed E-state index contributed by atoms with van der Waals surface area (Å²) in [5.41, 5.74) is 4.69. The van der Waals surface area contributed by atoms with Crippen molar-refractivity contribution in [3.05, 3.63) is 29.6 Å². The number of hydrogen-bond acceptors (Lipinski definition) is 3. The zero-order chi connectivity index (χ0) is 10.7. The smallest absolute Gasteiger partial charge is 0.389 e. The highest BCUT2D eigenvalue weighted by Crippen LogP contribution is 2.15. The minimum absolute atomic E-state index is 0.240. The van der Waals surface area contributed by atoms with Gasteiger partial charge in [0.15, 0.2) is 0 Å². The highest BCUT2D eigenvalue weighted by Gasteiger charge is 2.16. The van der Waals surface area contributed by atoms with Gasteiger partial charge in [0.2, 0.25) is 0 Å². The van der Waals surface area contributed by atoms with Gasteiger partial charge in [-0.1, -0.05) is 0 Å². The van der Waals surface area contributed by atoms with Crippen LogP contribution in [-0.2, 0) is 4.74 Å². The van der Waals surface area contributed by atoms with E-state index in [2.05, 4.69) is 4.74 Å². The Bertz CT molecular complexity index is 354. The van der Waals surface area contributed by atoms with Crippen molar-refractivity contribution in [2.45, 2.75) is 6.61 Å².